The third kappa shape index (κ3) is 3.52. The fraction of sp³-hybridized carbons (Fsp3) is 0.389. The number of fused-ring (bicyclic) bond motifs is 3. The first-order valence-electron chi connectivity index (χ1n) is 9.05. The summed E-state index contributed by atoms with van der Waals surface area (Å²) in [7, 11) is 0. The maximum atomic E-state index is 13.0. The molecule has 0 unspecified atom stereocenters. The normalized spacial score (nSPS) is 11.6. The lowest BCUT2D eigenvalue weighted by atomic mass is 10.2. The highest BCUT2D eigenvalue weighted by molar-refractivity contribution is 7.98. The van der Waals surface area contributed by atoms with Gasteiger partial charge in [-0.25, -0.2) is 0 Å². The summed E-state index contributed by atoms with van der Waals surface area (Å²) in [4.78, 5) is 17.2. The number of nitrogens with zero attached hydrogens (tertiary/aromatic N) is 6. The summed E-state index contributed by atoms with van der Waals surface area (Å²) in [6.07, 6.45) is 0.721. The van der Waals surface area contributed by atoms with E-state index in [9.17, 15) is 4.79 Å². The number of hydrogen-bond donors (Lipinski definition) is 0. The van der Waals surface area contributed by atoms with E-state index in [0.29, 0.717) is 53.5 Å². The lowest BCUT2D eigenvalue weighted by Gasteiger charge is -2.11. The van der Waals surface area contributed by atoms with E-state index in [1.807, 2.05) is 35.6 Å². The second-order valence-corrected chi connectivity index (χ2v) is 7.11. The molecule has 0 spiro atoms. The van der Waals surface area contributed by atoms with E-state index in [-0.39, 0.29) is 5.56 Å². The second kappa shape index (κ2) is 8.11. The summed E-state index contributed by atoms with van der Waals surface area (Å²) >= 11 is 1.44. The van der Waals surface area contributed by atoms with Crippen molar-refractivity contribution in [2.24, 2.45) is 0 Å². The predicted molar refractivity (Wildman–Crippen MR) is 104 cm³/mol. The number of hydrogen-bond acceptors (Lipinski definition) is 8. The van der Waals surface area contributed by atoms with Crippen molar-refractivity contribution in [3.05, 3.63) is 46.3 Å². The minimum Gasteiger partial charge on any atom is -0.382 e. The zero-order valence-corrected chi connectivity index (χ0v) is 16.5. The number of benzene rings is 1. The molecule has 10 heteroatoms. The topological polar surface area (TPSA) is 100 Å². The average molecular weight is 400 g/mol. The third-order valence-corrected chi connectivity index (χ3v) is 5.16. The Morgan fingerprint density at radius 2 is 2.11 bits per heavy atom. The third-order valence-electron chi connectivity index (χ3n) is 4.25. The van der Waals surface area contributed by atoms with Gasteiger partial charge in [0.2, 0.25) is 11.7 Å². The van der Waals surface area contributed by atoms with Crippen molar-refractivity contribution in [2.75, 3.05) is 13.2 Å². The largest absolute Gasteiger partial charge is 0.382 e. The molecule has 146 valence electrons. The van der Waals surface area contributed by atoms with Crippen molar-refractivity contribution < 1.29 is 9.26 Å². The van der Waals surface area contributed by atoms with Gasteiger partial charge in [-0.3, -0.25) is 13.8 Å². The molecular formula is C18H20N6O3S. The van der Waals surface area contributed by atoms with Gasteiger partial charge >= 0.3 is 0 Å². The van der Waals surface area contributed by atoms with E-state index in [4.69, 9.17) is 9.26 Å². The molecule has 0 saturated carbocycles. The molecule has 0 radical (unpaired) electrons. The zero-order valence-electron chi connectivity index (χ0n) is 15.7. The maximum Gasteiger partial charge on any atom is 0.262 e. The van der Waals surface area contributed by atoms with Crippen molar-refractivity contribution in [1.29, 1.82) is 0 Å². The molecule has 3 heterocycles. The molecular weight excluding hydrogens is 380 g/mol. The van der Waals surface area contributed by atoms with Crippen LogP contribution in [-0.4, -0.2) is 42.5 Å². The molecule has 0 aliphatic carbocycles. The summed E-state index contributed by atoms with van der Waals surface area (Å²) in [5.74, 6) is 2.10. The highest BCUT2D eigenvalue weighted by Crippen LogP contribution is 2.24. The van der Waals surface area contributed by atoms with Gasteiger partial charge in [-0.05, 0) is 32.4 Å². The SMILES string of the molecule is CCOCCCn1c(=O)c2ccccc2n2c(SCc3nc(C)no3)nnc12. The first-order chi connectivity index (χ1) is 13.7. The van der Waals surface area contributed by atoms with Crippen LogP contribution in [0.1, 0.15) is 25.1 Å². The van der Waals surface area contributed by atoms with Gasteiger partial charge in [0.05, 0.1) is 16.7 Å². The molecule has 0 N–H and O–H groups in total. The fourth-order valence-corrected chi connectivity index (χ4v) is 3.80. The summed E-state index contributed by atoms with van der Waals surface area (Å²) in [6, 6.07) is 7.49. The van der Waals surface area contributed by atoms with Gasteiger partial charge in [0.15, 0.2) is 11.0 Å². The number of para-hydroxylation sites is 1. The molecule has 1 aromatic carbocycles. The highest BCUT2D eigenvalue weighted by atomic mass is 32.2. The predicted octanol–water partition coefficient (Wildman–Crippen LogP) is 2.45. The van der Waals surface area contributed by atoms with E-state index in [2.05, 4.69) is 20.3 Å². The van der Waals surface area contributed by atoms with Gasteiger partial charge in [0.1, 0.15) is 0 Å². The van der Waals surface area contributed by atoms with Crippen LogP contribution in [0.5, 0.6) is 0 Å². The molecule has 0 atom stereocenters. The van der Waals surface area contributed by atoms with Crippen molar-refractivity contribution in [3.8, 4) is 0 Å². The van der Waals surface area contributed by atoms with E-state index in [1.165, 1.54) is 11.8 Å². The minimum atomic E-state index is -0.0731. The Kier molecular flexibility index (Phi) is 5.40. The van der Waals surface area contributed by atoms with Crippen molar-refractivity contribution in [2.45, 2.75) is 37.7 Å². The molecule has 0 amide bonds. The van der Waals surface area contributed by atoms with Crippen LogP contribution < -0.4 is 5.56 Å². The van der Waals surface area contributed by atoms with Gasteiger partial charge in [0.25, 0.3) is 5.56 Å². The molecule has 28 heavy (non-hydrogen) atoms. The fourth-order valence-electron chi connectivity index (χ4n) is 3.02. The van der Waals surface area contributed by atoms with E-state index < -0.39 is 0 Å². The lowest BCUT2D eigenvalue weighted by molar-refractivity contribution is 0.141. The lowest BCUT2D eigenvalue weighted by Crippen LogP contribution is -2.24. The molecule has 0 saturated heterocycles. The summed E-state index contributed by atoms with van der Waals surface area (Å²) in [5, 5.41) is 13.7. The van der Waals surface area contributed by atoms with Crippen LogP contribution in [-0.2, 0) is 17.0 Å². The molecule has 0 aliphatic rings. The van der Waals surface area contributed by atoms with Crippen molar-refractivity contribution in [3.63, 3.8) is 0 Å². The quantitative estimate of drug-likeness (QED) is 0.328. The number of ether oxygens (including phenoxy) is 1. The zero-order chi connectivity index (χ0) is 19.5. The van der Waals surface area contributed by atoms with Crippen LogP contribution in [0.25, 0.3) is 16.7 Å². The number of rotatable bonds is 8. The van der Waals surface area contributed by atoms with Gasteiger partial charge in [0, 0.05) is 19.8 Å². The second-order valence-electron chi connectivity index (χ2n) is 6.17. The molecule has 3 aromatic heterocycles. The van der Waals surface area contributed by atoms with Gasteiger partial charge in [-0.1, -0.05) is 29.1 Å². The van der Waals surface area contributed by atoms with E-state index >= 15 is 0 Å². The first-order valence-corrected chi connectivity index (χ1v) is 10.0. The highest BCUT2D eigenvalue weighted by Gasteiger charge is 2.17. The van der Waals surface area contributed by atoms with Crippen LogP contribution in [0.2, 0.25) is 0 Å². The van der Waals surface area contributed by atoms with Crippen LogP contribution in [0, 0.1) is 6.92 Å². The summed E-state index contributed by atoms with van der Waals surface area (Å²) < 4.78 is 14.1. The molecule has 9 nitrogen and oxygen atoms in total. The smallest absolute Gasteiger partial charge is 0.262 e. The Morgan fingerprint density at radius 3 is 2.89 bits per heavy atom. The Balaban J connectivity index is 1.75. The summed E-state index contributed by atoms with van der Waals surface area (Å²) in [5.41, 5.74) is 0.703. The van der Waals surface area contributed by atoms with Crippen molar-refractivity contribution in [1.82, 2.24) is 29.3 Å². The van der Waals surface area contributed by atoms with Crippen LogP contribution in [0.3, 0.4) is 0 Å². The summed E-state index contributed by atoms with van der Waals surface area (Å²) in [6.45, 7) is 5.49. The van der Waals surface area contributed by atoms with Gasteiger partial charge in [-0.2, -0.15) is 4.98 Å². The van der Waals surface area contributed by atoms with Gasteiger partial charge in [-0.15, -0.1) is 10.2 Å². The Bertz CT molecular complexity index is 1170. The molecule has 4 rings (SSSR count). The minimum absolute atomic E-state index is 0.0731. The van der Waals surface area contributed by atoms with E-state index in [0.717, 1.165) is 11.9 Å². The Hall–Kier alpha value is -2.72. The van der Waals surface area contributed by atoms with Crippen LogP contribution >= 0.6 is 11.8 Å². The van der Waals surface area contributed by atoms with Crippen LogP contribution in [0.4, 0.5) is 0 Å². The Labute approximate surface area is 164 Å². The van der Waals surface area contributed by atoms with Crippen LogP contribution in [0.15, 0.2) is 38.7 Å². The number of aromatic nitrogens is 6. The standard InChI is InChI=1S/C18H20N6O3S/c1-3-26-10-6-9-23-16(25)13-7-4-5-8-14(13)24-17(23)20-21-18(24)28-11-15-19-12(2)22-27-15/h4-5,7-8H,3,6,9-11H2,1-2H3. The Morgan fingerprint density at radius 1 is 1.25 bits per heavy atom. The van der Waals surface area contributed by atoms with Crippen molar-refractivity contribution >= 4 is 28.4 Å². The molecule has 0 fully saturated rings. The number of aryl methyl sites for hydroxylation is 2. The van der Waals surface area contributed by atoms with Gasteiger partial charge < -0.3 is 9.26 Å². The average Bonchev–Trinajstić information content (AvgIpc) is 3.32. The van der Waals surface area contributed by atoms with E-state index in [1.54, 1.807) is 11.5 Å². The molecule has 4 aromatic rings. The monoisotopic (exact) mass is 400 g/mol. The first kappa shape index (κ1) is 18.6. The molecule has 0 aliphatic heterocycles. The molecule has 0 bridgehead atoms. The maximum absolute atomic E-state index is 13.0. The number of thioether (sulfide) groups is 1.